The van der Waals surface area contributed by atoms with Gasteiger partial charge < -0.3 is 9.47 Å². The summed E-state index contributed by atoms with van der Waals surface area (Å²) in [5.74, 6) is -0.176. The van der Waals surface area contributed by atoms with Crippen molar-refractivity contribution in [3.05, 3.63) is 11.1 Å². The summed E-state index contributed by atoms with van der Waals surface area (Å²) in [5, 5.41) is -0.143. The van der Waals surface area contributed by atoms with Crippen LogP contribution in [0.25, 0.3) is 0 Å². The quantitative estimate of drug-likeness (QED) is 0.435. The molecule has 1 rings (SSSR count). The molecule has 104 valence electrons. The molecule has 0 bridgehead atoms. The molecule has 0 aromatic carbocycles. The highest BCUT2D eigenvalue weighted by Gasteiger charge is 2.32. The van der Waals surface area contributed by atoms with Gasteiger partial charge in [0.15, 0.2) is 0 Å². The Hall–Kier alpha value is -0.613. The van der Waals surface area contributed by atoms with Crippen LogP contribution in [0.5, 0.6) is 0 Å². The number of carbonyl (C=O) groups is 1. The van der Waals surface area contributed by atoms with Gasteiger partial charge in [0.1, 0.15) is 0 Å². The summed E-state index contributed by atoms with van der Waals surface area (Å²) in [7, 11) is 2.39. The smallest absolute Gasteiger partial charge is 0.333 e. The van der Waals surface area contributed by atoms with Crippen molar-refractivity contribution in [2.75, 3.05) is 13.7 Å². The third-order valence-corrected chi connectivity index (χ3v) is 5.47. The van der Waals surface area contributed by atoms with Crippen LogP contribution < -0.4 is 0 Å². The van der Waals surface area contributed by atoms with Crippen LogP contribution in [0.4, 0.5) is 0 Å². The van der Waals surface area contributed by atoms with Gasteiger partial charge in [0.05, 0.1) is 12.3 Å². The number of carbonyl (C=O) groups excluding carboxylic acids is 1. The van der Waals surface area contributed by atoms with Crippen LogP contribution in [-0.4, -0.2) is 35.2 Å². The minimum absolute atomic E-state index is 0.143. The second-order valence-electron chi connectivity index (χ2n) is 5.24. The average Bonchev–Trinajstić information content (AvgIpc) is 2.39. The zero-order valence-corrected chi connectivity index (χ0v) is 14.2. The van der Waals surface area contributed by atoms with Crippen LogP contribution in [0, 0.1) is 0 Å². The van der Waals surface area contributed by atoms with E-state index < -0.39 is 0 Å². The number of rotatable bonds is 5. The molecule has 0 spiro atoms. The summed E-state index contributed by atoms with van der Waals surface area (Å²) < 4.78 is 10.9. The lowest BCUT2D eigenvalue weighted by Crippen LogP contribution is -2.39. The summed E-state index contributed by atoms with van der Waals surface area (Å²) in [6.45, 7) is 5.01. The first-order valence-electron chi connectivity index (χ1n) is 6.97. The van der Waals surface area contributed by atoms with Crippen molar-refractivity contribution in [3.8, 4) is 0 Å². The highest BCUT2D eigenvalue weighted by atomic mass is 28.1. The topological polar surface area (TPSA) is 35.5 Å². The maximum absolute atomic E-state index is 11.9. The molecule has 18 heavy (non-hydrogen) atoms. The first kappa shape index (κ1) is 15.4. The van der Waals surface area contributed by atoms with E-state index in [4.69, 9.17) is 9.47 Å². The Morgan fingerprint density at radius 3 is 2.67 bits per heavy atom. The zero-order valence-electron chi connectivity index (χ0n) is 12.2. The van der Waals surface area contributed by atoms with E-state index in [0.717, 1.165) is 60.1 Å². The predicted molar refractivity (Wildman–Crippen MR) is 76.7 cm³/mol. The van der Waals surface area contributed by atoms with Crippen LogP contribution in [0.15, 0.2) is 11.1 Å². The summed E-state index contributed by atoms with van der Waals surface area (Å²) in [5.41, 5.74) is 1.96. The van der Waals surface area contributed by atoms with Gasteiger partial charge in [0.2, 0.25) is 0 Å². The van der Waals surface area contributed by atoms with Crippen molar-refractivity contribution >= 4 is 16.2 Å². The normalized spacial score (nSPS) is 25.7. The van der Waals surface area contributed by atoms with Gasteiger partial charge in [0.25, 0.3) is 0 Å². The fourth-order valence-corrected chi connectivity index (χ4v) is 3.33. The van der Waals surface area contributed by atoms with Gasteiger partial charge in [-0.15, -0.1) is 0 Å². The van der Waals surface area contributed by atoms with Crippen molar-refractivity contribution in [3.63, 3.8) is 0 Å². The summed E-state index contributed by atoms with van der Waals surface area (Å²) >= 11 is 0. The van der Waals surface area contributed by atoms with Gasteiger partial charge in [0, 0.05) is 22.4 Å². The van der Waals surface area contributed by atoms with E-state index >= 15 is 0 Å². The standard InChI is InChI=1S/C14H26O3Si/c1-4-5-8-12(13(15)16-3)11(2)14(18)9-6-7-10-17-14/h4-10H2,1-3,18H3. The van der Waals surface area contributed by atoms with Crippen LogP contribution in [0.1, 0.15) is 52.4 Å². The van der Waals surface area contributed by atoms with Crippen molar-refractivity contribution < 1.29 is 14.3 Å². The first-order valence-corrected chi connectivity index (χ1v) is 7.97. The van der Waals surface area contributed by atoms with Gasteiger partial charge in [-0.05, 0) is 44.6 Å². The third-order valence-electron chi connectivity index (χ3n) is 3.93. The molecule has 0 N–H and O–H groups in total. The first-order chi connectivity index (χ1) is 8.55. The Bertz CT molecular complexity index is 317. The van der Waals surface area contributed by atoms with Crippen LogP contribution >= 0.6 is 0 Å². The minimum atomic E-state index is -0.176. The minimum Gasteiger partial charge on any atom is -0.466 e. The Labute approximate surface area is 113 Å². The Morgan fingerprint density at radius 2 is 2.17 bits per heavy atom. The van der Waals surface area contributed by atoms with E-state index in [0.29, 0.717) is 0 Å². The maximum atomic E-state index is 11.9. The lowest BCUT2D eigenvalue weighted by molar-refractivity contribution is -0.136. The fourth-order valence-electron chi connectivity index (χ4n) is 2.47. The van der Waals surface area contributed by atoms with E-state index in [-0.39, 0.29) is 11.2 Å². The molecule has 0 aliphatic carbocycles. The summed E-state index contributed by atoms with van der Waals surface area (Å²) in [6, 6.07) is 0. The van der Waals surface area contributed by atoms with Gasteiger partial charge in [-0.1, -0.05) is 13.3 Å². The van der Waals surface area contributed by atoms with Crippen molar-refractivity contribution in [2.45, 2.75) is 57.6 Å². The molecule has 1 aliphatic rings. The van der Waals surface area contributed by atoms with Gasteiger partial charge >= 0.3 is 5.97 Å². The highest BCUT2D eigenvalue weighted by molar-refractivity contribution is 6.17. The number of ether oxygens (including phenoxy) is 2. The monoisotopic (exact) mass is 270 g/mol. The summed E-state index contributed by atoms with van der Waals surface area (Å²) in [6.07, 6.45) is 6.31. The van der Waals surface area contributed by atoms with Gasteiger partial charge in [-0.25, -0.2) is 4.79 Å². The second kappa shape index (κ2) is 7.09. The van der Waals surface area contributed by atoms with Crippen LogP contribution in [0.3, 0.4) is 0 Å². The highest BCUT2D eigenvalue weighted by Crippen LogP contribution is 2.32. The second-order valence-corrected chi connectivity index (χ2v) is 6.85. The number of hydrogen-bond acceptors (Lipinski definition) is 3. The lowest BCUT2D eigenvalue weighted by Gasteiger charge is -2.36. The van der Waals surface area contributed by atoms with Gasteiger partial charge in [-0.3, -0.25) is 0 Å². The van der Waals surface area contributed by atoms with Crippen LogP contribution in [-0.2, 0) is 14.3 Å². The number of unbranched alkanes of at least 4 members (excludes halogenated alkanes) is 1. The molecule has 1 unspecified atom stereocenters. The third kappa shape index (κ3) is 3.69. The Morgan fingerprint density at radius 1 is 1.44 bits per heavy atom. The molecule has 0 aromatic rings. The molecule has 0 radical (unpaired) electrons. The molecule has 0 amide bonds. The average molecular weight is 270 g/mol. The van der Waals surface area contributed by atoms with E-state index in [1.807, 2.05) is 0 Å². The Kier molecular flexibility index (Phi) is 6.09. The van der Waals surface area contributed by atoms with Crippen molar-refractivity contribution in [1.82, 2.24) is 0 Å². The van der Waals surface area contributed by atoms with E-state index in [1.54, 1.807) is 0 Å². The van der Waals surface area contributed by atoms with Crippen molar-refractivity contribution in [1.29, 1.82) is 0 Å². The van der Waals surface area contributed by atoms with E-state index in [9.17, 15) is 4.79 Å². The molecule has 0 aromatic heterocycles. The number of esters is 1. The predicted octanol–water partition coefficient (Wildman–Crippen LogP) is 1.93. The largest absolute Gasteiger partial charge is 0.466 e. The molecular weight excluding hydrogens is 244 g/mol. The molecule has 1 fully saturated rings. The molecule has 0 saturated carbocycles. The SMILES string of the molecule is CCCCC(C(=O)OC)=C(C)C1([SiH3])CCCCO1. The molecule has 3 nitrogen and oxygen atoms in total. The van der Waals surface area contributed by atoms with E-state index in [1.165, 1.54) is 13.5 Å². The summed E-state index contributed by atoms with van der Waals surface area (Å²) in [4.78, 5) is 11.9. The van der Waals surface area contributed by atoms with Crippen molar-refractivity contribution in [2.24, 2.45) is 0 Å². The molecular formula is C14H26O3Si. The number of hydrogen-bond donors (Lipinski definition) is 0. The zero-order chi connectivity index (χ0) is 13.6. The maximum Gasteiger partial charge on any atom is 0.333 e. The number of methoxy groups -OCH3 is 1. The lowest BCUT2D eigenvalue weighted by atomic mass is 9.94. The molecule has 4 heteroatoms. The molecule has 1 atom stereocenters. The fraction of sp³-hybridized carbons (Fsp3) is 0.786. The van der Waals surface area contributed by atoms with Crippen LogP contribution in [0.2, 0.25) is 0 Å². The molecule has 1 aliphatic heterocycles. The Balaban J connectivity index is 2.96. The van der Waals surface area contributed by atoms with E-state index in [2.05, 4.69) is 13.8 Å². The molecule has 1 saturated heterocycles. The van der Waals surface area contributed by atoms with Gasteiger partial charge in [-0.2, -0.15) is 0 Å². The molecule has 1 heterocycles.